The fourth-order valence-electron chi connectivity index (χ4n) is 2.01. The molecule has 0 aromatic rings. The molecule has 0 fully saturated rings. The summed E-state index contributed by atoms with van der Waals surface area (Å²) < 4.78 is 133. The lowest BCUT2D eigenvalue weighted by molar-refractivity contribution is -0.347. The average Bonchev–Trinajstić information content (AvgIpc) is 2.56. The molecular formula is C16H21F7NO7S-. The number of esters is 1. The van der Waals surface area contributed by atoms with Gasteiger partial charge in [0, 0.05) is 18.0 Å². The van der Waals surface area contributed by atoms with Gasteiger partial charge in [0.25, 0.3) is 0 Å². The zero-order valence-electron chi connectivity index (χ0n) is 17.0. The van der Waals surface area contributed by atoms with Crippen molar-refractivity contribution in [3.63, 3.8) is 0 Å². The minimum absolute atomic E-state index is 0.292. The third-order valence-electron chi connectivity index (χ3n) is 3.50. The van der Waals surface area contributed by atoms with Gasteiger partial charge in [-0.1, -0.05) is 6.58 Å². The van der Waals surface area contributed by atoms with Crippen LogP contribution in [0.1, 0.15) is 40.0 Å². The molecule has 0 saturated heterocycles. The monoisotopic (exact) mass is 504 g/mol. The first-order valence-electron chi connectivity index (χ1n) is 8.64. The Labute approximate surface area is 178 Å². The number of hydrogen-bond acceptors (Lipinski definition) is 7. The van der Waals surface area contributed by atoms with E-state index in [2.05, 4.69) is 16.1 Å². The van der Waals surface area contributed by atoms with Gasteiger partial charge in [-0.15, -0.1) is 0 Å². The molecule has 1 atom stereocenters. The van der Waals surface area contributed by atoms with Crippen LogP contribution in [0.3, 0.4) is 0 Å². The highest BCUT2D eigenvalue weighted by Gasteiger charge is 2.66. The van der Waals surface area contributed by atoms with Gasteiger partial charge in [0.1, 0.15) is 0 Å². The Morgan fingerprint density at radius 2 is 1.53 bits per heavy atom. The zero-order chi connectivity index (χ0) is 25.8. The molecule has 0 aliphatic heterocycles. The Kier molecular flexibility index (Phi) is 9.31. The van der Waals surface area contributed by atoms with Crippen LogP contribution in [0.4, 0.5) is 30.7 Å². The molecule has 0 aliphatic carbocycles. The summed E-state index contributed by atoms with van der Waals surface area (Å²) in [4.78, 5) is 23.7. The molecule has 0 radical (unpaired) electrons. The Bertz CT molecular complexity index is 807. The second-order valence-corrected chi connectivity index (χ2v) is 8.85. The number of ether oxygens (including phenoxy) is 2. The molecule has 32 heavy (non-hydrogen) atoms. The van der Waals surface area contributed by atoms with Crippen molar-refractivity contribution in [3.8, 4) is 0 Å². The molecule has 0 heterocycles. The van der Waals surface area contributed by atoms with Gasteiger partial charge in [0.15, 0.2) is 10.1 Å². The third-order valence-corrected chi connectivity index (χ3v) is 4.43. The summed E-state index contributed by atoms with van der Waals surface area (Å²) in [5.41, 5.74) is -1.27. The maximum atomic E-state index is 13.7. The summed E-state index contributed by atoms with van der Waals surface area (Å²) >= 11 is 0. The Hall–Kier alpha value is -1.94. The van der Waals surface area contributed by atoms with Crippen LogP contribution in [0.15, 0.2) is 12.7 Å². The Morgan fingerprint density at radius 1 is 1.03 bits per heavy atom. The van der Waals surface area contributed by atoms with Crippen molar-refractivity contribution < 1.29 is 62.8 Å². The largest absolute Gasteiger partial charge is 0.743 e. The normalized spacial score (nSPS) is 15.6. The topological polar surface area (TPSA) is 122 Å². The van der Waals surface area contributed by atoms with Crippen LogP contribution in [0.25, 0.3) is 0 Å². The van der Waals surface area contributed by atoms with Crippen LogP contribution in [0.2, 0.25) is 0 Å². The van der Waals surface area contributed by atoms with Gasteiger partial charge in [0.05, 0.1) is 6.61 Å². The summed E-state index contributed by atoms with van der Waals surface area (Å²) in [5.74, 6) is -13.2. The number of nitrogens with one attached hydrogen (secondary N) is 1. The lowest BCUT2D eigenvalue weighted by Gasteiger charge is -2.35. The van der Waals surface area contributed by atoms with Gasteiger partial charge < -0.3 is 19.3 Å². The minimum Gasteiger partial charge on any atom is -0.743 e. The number of carbonyl (C=O) groups is 2. The van der Waals surface area contributed by atoms with Crippen molar-refractivity contribution in [2.45, 2.75) is 68.7 Å². The summed E-state index contributed by atoms with van der Waals surface area (Å²) in [6.45, 7) is 5.52. The number of amides is 1. The highest BCUT2D eigenvalue weighted by atomic mass is 32.2. The molecule has 0 bridgehead atoms. The van der Waals surface area contributed by atoms with Crippen LogP contribution >= 0.6 is 0 Å². The van der Waals surface area contributed by atoms with Gasteiger partial charge in [-0.3, -0.25) is 4.79 Å². The first-order valence-corrected chi connectivity index (χ1v) is 10.0. The fraction of sp³-hybridized carbons (Fsp3) is 0.750. The molecule has 0 spiro atoms. The Morgan fingerprint density at radius 3 is 1.91 bits per heavy atom. The molecule has 188 valence electrons. The summed E-state index contributed by atoms with van der Waals surface area (Å²) in [7, 11) is -6.72. The van der Waals surface area contributed by atoms with E-state index in [0.717, 1.165) is 0 Å². The predicted molar refractivity (Wildman–Crippen MR) is 92.4 cm³/mol. The lowest BCUT2D eigenvalue weighted by Crippen LogP contribution is -2.64. The molecule has 8 nitrogen and oxygen atoms in total. The highest BCUT2D eigenvalue weighted by molar-refractivity contribution is 7.86. The lowest BCUT2D eigenvalue weighted by atomic mass is 10.1. The van der Waals surface area contributed by atoms with E-state index in [9.17, 15) is 53.3 Å². The van der Waals surface area contributed by atoms with Gasteiger partial charge in [-0.25, -0.2) is 13.2 Å². The molecular weight excluding hydrogens is 483 g/mol. The summed E-state index contributed by atoms with van der Waals surface area (Å²) in [6, 6.07) is 0. The molecule has 0 aromatic heterocycles. The average molecular weight is 504 g/mol. The summed E-state index contributed by atoms with van der Waals surface area (Å²) in [5, 5.41) is -4.07. The van der Waals surface area contributed by atoms with Crippen molar-refractivity contribution in [1.82, 2.24) is 5.32 Å². The smallest absolute Gasteiger partial charge is 0.466 e. The summed E-state index contributed by atoms with van der Waals surface area (Å²) in [6.07, 6.45) is -9.20. The molecule has 0 aliphatic rings. The van der Waals surface area contributed by atoms with E-state index in [1.54, 1.807) is 0 Å². The van der Waals surface area contributed by atoms with E-state index in [-0.39, 0.29) is 0 Å². The van der Waals surface area contributed by atoms with E-state index in [1.165, 1.54) is 20.8 Å². The number of rotatable bonds is 11. The molecule has 1 unspecified atom stereocenters. The van der Waals surface area contributed by atoms with Crippen molar-refractivity contribution >= 4 is 22.0 Å². The van der Waals surface area contributed by atoms with Crippen LogP contribution in [-0.4, -0.2) is 60.1 Å². The van der Waals surface area contributed by atoms with Gasteiger partial charge in [-0.05, 0) is 33.6 Å². The second kappa shape index (κ2) is 9.91. The molecule has 16 heteroatoms. The van der Waals surface area contributed by atoms with Crippen LogP contribution in [-0.2, 0) is 29.2 Å². The van der Waals surface area contributed by atoms with Crippen LogP contribution < -0.4 is 5.32 Å². The van der Waals surface area contributed by atoms with Crippen molar-refractivity contribution in [1.29, 1.82) is 0 Å². The third kappa shape index (κ3) is 7.30. The van der Waals surface area contributed by atoms with E-state index >= 15 is 0 Å². The standard InChI is InChI=1S/C16H22F7NO7S/c1-5-10(25)31-14(15(19,20)21,11(26)24-12(2,3)4)30-9-7-6-8-13(17,18)16(22,23)32(27,28)29/h5H,1,6-9H2,2-4H3,(H,24,26)(H,27,28,29)/p-1. The van der Waals surface area contributed by atoms with Crippen LogP contribution in [0.5, 0.6) is 0 Å². The first kappa shape index (κ1) is 30.1. The van der Waals surface area contributed by atoms with E-state index in [4.69, 9.17) is 0 Å². The second-order valence-electron chi connectivity index (χ2n) is 7.42. The van der Waals surface area contributed by atoms with Crippen LogP contribution in [0, 0.1) is 0 Å². The molecule has 1 N–H and O–H groups in total. The van der Waals surface area contributed by atoms with Crippen molar-refractivity contribution in [3.05, 3.63) is 12.7 Å². The zero-order valence-corrected chi connectivity index (χ0v) is 17.8. The van der Waals surface area contributed by atoms with Gasteiger partial charge in [-0.2, -0.15) is 30.7 Å². The van der Waals surface area contributed by atoms with Gasteiger partial charge >= 0.3 is 35.0 Å². The highest BCUT2D eigenvalue weighted by Crippen LogP contribution is 2.42. The quantitative estimate of drug-likeness (QED) is 0.115. The van der Waals surface area contributed by atoms with E-state index in [1.807, 2.05) is 5.32 Å². The fourth-order valence-corrected chi connectivity index (χ4v) is 2.48. The molecule has 1 amide bonds. The van der Waals surface area contributed by atoms with E-state index in [0.29, 0.717) is 6.08 Å². The van der Waals surface area contributed by atoms with E-state index < -0.39 is 76.5 Å². The molecule has 0 rings (SSSR count). The maximum absolute atomic E-state index is 13.7. The van der Waals surface area contributed by atoms with Crippen molar-refractivity contribution in [2.24, 2.45) is 0 Å². The number of hydrogen-bond donors (Lipinski definition) is 1. The molecule has 0 aromatic carbocycles. The van der Waals surface area contributed by atoms with Crippen molar-refractivity contribution in [2.75, 3.05) is 6.61 Å². The first-order chi connectivity index (χ1) is 14.0. The number of carbonyl (C=O) groups excluding carboxylic acids is 2. The molecule has 0 saturated carbocycles. The maximum Gasteiger partial charge on any atom is 0.466 e. The number of unbranched alkanes of at least 4 members (excludes halogenated alkanes) is 1. The predicted octanol–water partition coefficient (Wildman–Crippen LogP) is 2.85. The number of halogens is 7. The Balaban J connectivity index is 5.55. The SMILES string of the molecule is C=CC(=O)OC(OCCCCC(F)(F)C(F)(F)S(=O)(=O)[O-])(C(=O)NC(C)(C)C)C(F)(F)F. The number of alkyl halides is 7. The minimum atomic E-state index is -6.72. The van der Waals surface area contributed by atoms with Gasteiger partial charge in [0.2, 0.25) is 0 Å².